The van der Waals surface area contributed by atoms with Gasteiger partial charge in [0.05, 0.1) is 0 Å². The monoisotopic (exact) mass is 245 g/mol. The lowest BCUT2D eigenvalue weighted by atomic mass is 9.79. The summed E-state index contributed by atoms with van der Waals surface area (Å²) < 4.78 is 0. The van der Waals surface area contributed by atoms with Gasteiger partial charge in [-0.05, 0) is 86.4 Å². The van der Waals surface area contributed by atoms with Crippen LogP contribution in [0.3, 0.4) is 0 Å². The lowest BCUT2D eigenvalue weighted by Gasteiger charge is -2.33. The maximum atomic E-state index is 4.05. The Morgan fingerprint density at radius 2 is 1.72 bits per heavy atom. The van der Waals surface area contributed by atoms with Crippen LogP contribution in [0, 0.1) is 35.0 Å². The van der Waals surface area contributed by atoms with Crippen LogP contribution in [0.5, 0.6) is 0 Å². The van der Waals surface area contributed by atoms with Crippen LogP contribution in [0.15, 0.2) is 0 Å². The normalized spacial score (nSPS) is 51.7. The average molecular weight is 245 g/mol. The molecule has 5 unspecified atom stereocenters. The quantitative estimate of drug-likeness (QED) is 0.798. The third kappa shape index (κ3) is 1.43. The molecule has 0 heterocycles. The first-order valence-electron chi connectivity index (χ1n) is 8.59. The highest BCUT2D eigenvalue weighted by Gasteiger charge is 2.56. The van der Waals surface area contributed by atoms with E-state index in [0.717, 1.165) is 41.0 Å². The molecule has 0 aromatic carbocycles. The summed E-state index contributed by atoms with van der Waals surface area (Å²) in [5.41, 5.74) is 0.802. The van der Waals surface area contributed by atoms with Crippen LogP contribution in [0.2, 0.25) is 0 Å². The molecule has 18 heavy (non-hydrogen) atoms. The molecular weight excluding hydrogens is 218 g/mol. The molecule has 0 aliphatic heterocycles. The van der Waals surface area contributed by atoms with Crippen molar-refractivity contribution in [1.29, 1.82) is 0 Å². The zero-order valence-electron chi connectivity index (χ0n) is 11.5. The van der Waals surface area contributed by atoms with Gasteiger partial charge in [0.2, 0.25) is 0 Å². The van der Waals surface area contributed by atoms with Crippen LogP contribution < -0.4 is 5.32 Å². The Bertz CT molecular complexity index is 355. The standard InChI is InChI=1S/C17H27N/c1-2-13-11-8-15(14(13)3-1)16(9-11)18-10-17(6-7-17)12-4-5-12/h11-16,18H,1-10H2. The Labute approximate surface area is 111 Å². The number of nitrogens with one attached hydrogen (secondary N) is 1. The number of hydrogen-bond donors (Lipinski definition) is 1. The van der Waals surface area contributed by atoms with Crippen LogP contribution in [0.4, 0.5) is 0 Å². The van der Waals surface area contributed by atoms with Crippen molar-refractivity contribution in [2.45, 2.75) is 63.8 Å². The molecule has 0 aromatic rings. The highest BCUT2D eigenvalue weighted by molar-refractivity contribution is 5.09. The molecular formula is C17H27N. The molecule has 5 aliphatic rings. The van der Waals surface area contributed by atoms with E-state index in [-0.39, 0.29) is 0 Å². The molecule has 1 nitrogen and oxygen atoms in total. The summed E-state index contributed by atoms with van der Waals surface area (Å²) in [5, 5.41) is 4.05. The minimum Gasteiger partial charge on any atom is -0.313 e. The summed E-state index contributed by atoms with van der Waals surface area (Å²) in [6, 6.07) is 0.922. The van der Waals surface area contributed by atoms with E-state index in [9.17, 15) is 0 Å². The lowest BCUT2D eigenvalue weighted by Crippen LogP contribution is -2.42. The van der Waals surface area contributed by atoms with E-state index >= 15 is 0 Å². The highest BCUT2D eigenvalue weighted by Crippen LogP contribution is 2.62. The maximum absolute atomic E-state index is 4.05. The fraction of sp³-hybridized carbons (Fsp3) is 1.00. The van der Waals surface area contributed by atoms with Crippen LogP contribution >= 0.6 is 0 Å². The summed E-state index contributed by atoms with van der Waals surface area (Å²) >= 11 is 0. The molecule has 2 bridgehead atoms. The molecule has 5 saturated carbocycles. The molecule has 5 atom stereocenters. The van der Waals surface area contributed by atoms with Crippen LogP contribution in [-0.2, 0) is 0 Å². The van der Waals surface area contributed by atoms with Gasteiger partial charge in [0.1, 0.15) is 0 Å². The van der Waals surface area contributed by atoms with Crippen molar-refractivity contribution in [2.75, 3.05) is 6.54 Å². The molecule has 0 amide bonds. The van der Waals surface area contributed by atoms with Crippen molar-refractivity contribution in [3.05, 3.63) is 0 Å². The van der Waals surface area contributed by atoms with Gasteiger partial charge < -0.3 is 5.32 Å². The van der Waals surface area contributed by atoms with Gasteiger partial charge in [-0.2, -0.15) is 0 Å². The molecule has 0 saturated heterocycles. The summed E-state index contributed by atoms with van der Waals surface area (Å²) in [5.74, 6) is 5.63. The van der Waals surface area contributed by atoms with Gasteiger partial charge in [0.25, 0.3) is 0 Å². The fourth-order valence-corrected chi connectivity index (χ4v) is 6.22. The van der Waals surface area contributed by atoms with Crippen molar-refractivity contribution in [2.24, 2.45) is 35.0 Å². The van der Waals surface area contributed by atoms with Gasteiger partial charge in [-0.25, -0.2) is 0 Å². The Kier molecular flexibility index (Phi) is 2.10. The summed E-state index contributed by atoms with van der Waals surface area (Å²) in [6.45, 7) is 1.38. The molecule has 0 aromatic heterocycles. The lowest BCUT2D eigenvalue weighted by molar-refractivity contribution is 0.199. The van der Waals surface area contributed by atoms with E-state index in [0.29, 0.717) is 0 Å². The second kappa shape index (κ2) is 3.53. The number of fused-ring (bicyclic) bond motifs is 5. The third-order valence-corrected chi connectivity index (χ3v) is 7.48. The Morgan fingerprint density at radius 3 is 2.50 bits per heavy atom. The van der Waals surface area contributed by atoms with Crippen LogP contribution in [-0.4, -0.2) is 12.6 Å². The predicted molar refractivity (Wildman–Crippen MR) is 73.2 cm³/mol. The number of rotatable bonds is 4. The molecule has 100 valence electrons. The summed E-state index contributed by atoms with van der Waals surface area (Å²) in [7, 11) is 0. The van der Waals surface area contributed by atoms with E-state index < -0.39 is 0 Å². The predicted octanol–water partition coefficient (Wildman–Crippen LogP) is 3.59. The van der Waals surface area contributed by atoms with Crippen molar-refractivity contribution >= 4 is 0 Å². The highest BCUT2D eigenvalue weighted by atomic mass is 15.0. The van der Waals surface area contributed by atoms with Gasteiger partial charge in [-0.1, -0.05) is 6.42 Å². The SMILES string of the molecule is C1CC2C3CC(NCC4(C5CC5)CC4)C(C3)C2C1. The van der Waals surface area contributed by atoms with Crippen molar-refractivity contribution < 1.29 is 0 Å². The number of hydrogen-bond acceptors (Lipinski definition) is 1. The average Bonchev–Trinajstić information content (AvgIpc) is 3.23. The maximum Gasteiger partial charge on any atom is 0.0101 e. The Balaban J connectivity index is 1.24. The molecule has 5 aliphatic carbocycles. The van der Waals surface area contributed by atoms with E-state index in [1.54, 1.807) is 38.5 Å². The summed E-state index contributed by atoms with van der Waals surface area (Å²) in [6.07, 6.45) is 14.0. The molecule has 1 heteroatoms. The van der Waals surface area contributed by atoms with Crippen molar-refractivity contribution in [1.82, 2.24) is 5.32 Å². The first-order valence-corrected chi connectivity index (χ1v) is 8.59. The minimum absolute atomic E-state index is 0.802. The second-order valence-electron chi connectivity index (χ2n) is 8.28. The van der Waals surface area contributed by atoms with Gasteiger partial charge in [0, 0.05) is 12.6 Å². The molecule has 5 fully saturated rings. The molecule has 0 radical (unpaired) electrons. The van der Waals surface area contributed by atoms with Crippen LogP contribution in [0.1, 0.15) is 57.8 Å². The van der Waals surface area contributed by atoms with E-state index in [2.05, 4.69) is 5.32 Å². The van der Waals surface area contributed by atoms with Gasteiger partial charge in [-0.15, -0.1) is 0 Å². The van der Waals surface area contributed by atoms with Crippen molar-refractivity contribution in [3.8, 4) is 0 Å². The molecule has 1 N–H and O–H groups in total. The summed E-state index contributed by atoms with van der Waals surface area (Å²) in [4.78, 5) is 0. The van der Waals surface area contributed by atoms with E-state index in [4.69, 9.17) is 0 Å². The Hall–Kier alpha value is -0.0400. The first-order chi connectivity index (χ1) is 8.86. The van der Waals surface area contributed by atoms with E-state index in [1.807, 2.05) is 0 Å². The second-order valence-corrected chi connectivity index (χ2v) is 8.28. The zero-order chi connectivity index (χ0) is 11.7. The van der Waals surface area contributed by atoms with Crippen LogP contribution in [0.25, 0.3) is 0 Å². The van der Waals surface area contributed by atoms with Gasteiger partial charge >= 0.3 is 0 Å². The Morgan fingerprint density at radius 1 is 0.889 bits per heavy atom. The fourth-order valence-electron chi connectivity index (χ4n) is 6.22. The first kappa shape index (κ1) is 10.7. The van der Waals surface area contributed by atoms with Gasteiger partial charge in [0.15, 0.2) is 0 Å². The third-order valence-electron chi connectivity index (χ3n) is 7.48. The largest absolute Gasteiger partial charge is 0.313 e. The van der Waals surface area contributed by atoms with Crippen molar-refractivity contribution in [3.63, 3.8) is 0 Å². The minimum atomic E-state index is 0.802. The van der Waals surface area contributed by atoms with E-state index in [1.165, 1.54) is 25.8 Å². The topological polar surface area (TPSA) is 12.0 Å². The molecule has 5 rings (SSSR count). The molecule has 0 spiro atoms. The zero-order valence-corrected chi connectivity index (χ0v) is 11.5. The smallest absolute Gasteiger partial charge is 0.0101 e. The van der Waals surface area contributed by atoms with Gasteiger partial charge in [-0.3, -0.25) is 0 Å².